The molecule has 0 aliphatic heterocycles. The van der Waals surface area contributed by atoms with Crippen LogP contribution in [0.3, 0.4) is 0 Å². The fraction of sp³-hybridized carbons (Fsp3) is 0.687. The van der Waals surface area contributed by atoms with Crippen molar-refractivity contribution in [3.05, 3.63) is 71.2 Å². The zero-order valence-corrected chi connectivity index (χ0v) is 52.2. The van der Waals surface area contributed by atoms with Crippen LogP contribution in [0, 0.1) is 80.8 Å². The Balaban J connectivity index is 0.000000170. The normalized spacial score (nSPS) is 37.0. The van der Waals surface area contributed by atoms with E-state index >= 15 is 0 Å². The van der Waals surface area contributed by atoms with Crippen molar-refractivity contribution in [3.8, 4) is 0 Å². The molecule has 5 aromatic rings. The highest BCUT2D eigenvalue weighted by molar-refractivity contribution is 7.98. The lowest BCUT2D eigenvalue weighted by atomic mass is 9.44. The van der Waals surface area contributed by atoms with E-state index in [1.54, 1.807) is 40.8 Å². The molecule has 3 aromatic carbocycles. The van der Waals surface area contributed by atoms with E-state index in [1.807, 2.05) is 19.9 Å². The van der Waals surface area contributed by atoms with Crippen LogP contribution < -0.4 is 0 Å². The number of carbonyl (C=O) groups is 3. The van der Waals surface area contributed by atoms with Crippen LogP contribution in [0.1, 0.15) is 182 Å². The molecule has 8 aliphatic carbocycles. The van der Waals surface area contributed by atoms with Crippen molar-refractivity contribution in [3.63, 3.8) is 0 Å². The van der Waals surface area contributed by atoms with Gasteiger partial charge in [0.2, 0.25) is 0 Å². The first-order valence-electron chi connectivity index (χ1n) is 30.7. The fourth-order valence-corrected chi connectivity index (χ4v) is 20.7. The summed E-state index contributed by atoms with van der Waals surface area (Å²) in [5.41, 5.74) is 2.89. The molecule has 0 bridgehead atoms. The van der Waals surface area contributed by atoms with Crippen LogP contribution in [0.2, 0.25) is 5.02 Å². The molecule has 2 aromatic heterocycles. The number of benzene rings is 3. The maximum Gasteiger partial charge on any atom is 0.372 e. The first-order chi connectivity index (χ1) is 39.2. The van der Waals surface area contributed by atoms with E-state index in [-0.39, 0.29) is 60.3 Å². The summed E-state index contributed by atoms with van der Waals surface area (Å²) in [5.74, 6) is 5.27. The van der Waals surface area contributed by atoms with Gasteiger partial charge < -0.3 is 10.2 Å². The Kier molecular flexibility index (Phi) is 18.6. The molecule has 13 rings (SSSR count). The highest BCUT2D eigenvalue weighted by Crippen LogP contribution is 2.70. The third-order valence-electron chi connectivity index (χ3n) is 23.9. The van der Waals surface area contributed by atoms with Gasteiger partial charge in [0, 0.05) is 28.0 Å². The van der Waals surface area contributed by atoms with Crippen molar-refractivity contribution in [2.45, 2.75) is 206 Å². The number of hydrogen-bond acceptors (Lipinski definition) is 14. The van der Waals surface area contributed by atoms with E-state index in [2.05, 4.69) is 71.4 Å². The zero-order chi connectivity index (χ0) is 59.2. The SMILES string of the molecule is C.C.CSc1ccc2nn(CC(=O)[C@H]3CC[C@H]4[C@@H]5CC[C@@H]6C[C@](C)(O)CC[C@]6(C)[C@H]5CC[C@]34C)nc2c1.C[C@@]1(O)CC[C@@]2(C)[C@H](CC[C@@H]3[C@@H]2CC[C@]2(C)[C@@H](C(=O)Cn4nc5ccc(S(C)(=O)=O)cc5n4)CC[C@@H]32)C1.O=C(OO)c1cccc(Cl)c1. The molecule has 8 saturated carbocycles. The lowest BCUT2D eigenvalue weighted by molar-refractivity contribution is -0.182. The highest BCUT2D eigenvalue weighted by atomic mass is 35.5. The minimum Gasteiger partial charge on any atom is -0.390 e. The molecule has 85 heavy (non-hydrogen) atoms. The molecule has 0 spiro atoms. The Labute approximate surface area is 513 Å². The molecule has 0 radical (unpaired) electrons. The van der Waals surface area contributed by atoms with E-state index in [9.17, 15) is 33.0 Å². The molecular formula is C67H95ClN6O9S2. The Morgan fingerprint density at radius 2 is 1.05 bits per heavy atom. The summed E-state index contributed by atoms with van der Waals surface area (Å²) in [4.78, 5) is 46.0. The van der Waals surface area contributed by atoms with Crippen LogP contribution >= 0.6 is 23.4 Å². The van der Waals surface area contributed by atoms with Crippen LogP contribution in [0.5, 0.6) is 0 Å². The van der Waals surface area contributed by atoms with Gasteiger partial charge in [-0.1, -0.05) is 60.2 Å². The Hall–Kier alpha value is -4.26. The minimum absolute atomic E-state index is 0. The van der Waals surface area contributed by atoms with Gasteiger partial charge in [-0.2, -0.15) is 35.2 Å². The van der Waals surface area contributed by atoms with E-state index in [0.29, 0.717) is 74.7 Å². The number of hydrogen-bond donors (Lipinski definition) is 3. The summed E-state index contributed by atoms with van der Waals surface area (Å²) in [6.45, 7) is 14.3. The monoisotopic (exact) mass is 1230 g/mol. The molecule has 466 valence electrons. The summed E-state index contributed by atoms with van der Waals surface area (Å²) in [7, 11) is -3.33. The number of rotatable bonds is 9. The standard InChI is InChI=1S/C29H41N3O4S.C29H41N3O2S.C7H5ClO3.2CH4/c1-27(34)13-14-28(2)18(16-27)5-7-20-21-8-9-23(29(21,3)12-11-22(20)28)26(33)17-32-30-24-10-6-19(37(4,35)36)15-25(24)31-32;1-27(34)13-14-28(2)18(16-27)5-7-20-21-8-9-23(29(21,3)12-11-22(20)28)26(33)17-32-30-24-10-6-19(35-4)15-25(24)31-32;8-6-3-1-2-5(4-6)7(9)11-10;;/h6,10,15,18,20-23,34H,5,7-9,11-14,16-17H2,1-4H3;6,10,15,18,20-23,34H,5,7-9,11-14,16-17H2,1-4H3;1-4,10H;2*1H4/t2*18-,20+,21+,22+,23-,27-,28+,29+;;;/m11.../s1. The Bertz CT molecular complexity index is 3400. The minimum atomic E-state index is -3.33. The number of carbonyl (C=O) groups excluding carboxylic acids is 3. The predicted molar refractivity (Wildman–Crippen MR) is 335 cm³/mol. The van der Waals surface area contributed by atoms with Gasteiger partial charge in [0.1, 0.15) is 35.2 Å². The maximum absolute atomic E-state index is 13.7. The summed E-state index contributed by atoms with van der Waals surface area (Å²) in [6, 6.07) is 17.0. The summed E-state index contributed by atoms with van der Waals surface area (Å²) in [5, 5.41) is 48.1. The van der Waals surface area contributed by atoms with Crippen LogP contribution in [0.4, 0.5) is 0 Å². The van der Waals surface area contributed by atoms with Crippen molar-refractivity contribution in [2.75, 3.05) is 12.5 Å². The van der Waals surface area contributed by atoms with Gasteiger partial charge in [-0.05, 0) is 259 Å². The second-order valence-electron chi connectivity index (χ2n) is 28.6. The summed E-state index contributed by atoms with van der Waals surface area (Å²) in [6.07, 6.45) is 23.2. The molecule has 16 atom stereocenters. The molecule has 15 nitrogen and oxygen atoms in total. The second kappa shape index (κ2) is 24.3. The van der Waals surface area contributed by atoms with Crippen molar-refractivity contribution >= 4 is 72.8 Å². The Morgan fingerprint density at radius 3 is 1.51 bits per heavy atom. The van der Waals surface area contributed by atoms with E-state index in [0.717, 1.165) is 87.1 Å². The van der Waals surface area contributed by atoms with Crippen LogP contribution in [0.25, 0.3) is 22.1 Å². The second-order valence-corrected chi connectivity index (χ2v) is 32.0. The molecule has 3 N–H and O–H groups in total. The molecule has 0 unspecified atom stereocenters. The highest BCUT2D eigenvalue weighted by Gasteiger charge is 2.64. The third kappa shape index (κ3) is 12.3. The fourth-order valence-electron chi connectivity index (χ4n) is 19.5. The predicted octanol–water partition coefficient (Wildman–Crippen LogP) is 14.2. The van der Waals surface area contributed by atoms with Gasteiger partial charge in [0.05, 0.1) is 21.7 Å². The molecule has 0 saturated heterocycles. The number of aromatic nitrogens is 6. The van der Waals surface area contributed by atoms with Crippen LogP contribution in [-0.4, -0.2) is 95.1 Å². The van der Waals surface area contributed by atoms with Gasteiger partial charge in [0.15, 0.2) is 21.4 Å². The van der Waals surface area contributed by atoms with Gasteiger partial charge in [-0.15, -0.1) is 11.8 Å². The van der Waals surface area contributed by atoms with Gasteiger partial charge in [0.25, 0.3) is 0 Å². The molecule has 0 amide bonds. The van der Waals surface area contributed by atoms with E-state index in [4.69, 9.17) is 16.9 Å². The quantitative estimate of drug-likeness (QED) is 0.0711. The molecule has 8 aliphatic rings. The molecule has 8 fully saturated rings. The van der Waals surface area contributed by atoms with Gasteiger partial charge >= 0.3 is 5.97 Å². The van der Waals surface area contributed by atoms with E-state index in [1.165, 1.54) is 85.5 Å². The largest absolute Gasteiger partial charge is 0.390 e. The summed E-state index contributed by atoms with van der Waals surface area (Å²) >= 11 is 7.25. The average molecular weight is 1230 g/mol. The maximum atomic E-state index is 13.7. The number of aliphatic hydroxyl groups is 2. The van der Waals surface area contributed by atoms with E-state index < -0.39 is 27.0 Å². The third-order valence-corrected chi connectivity index (χ3v) is 25.9. The first-order valence-corrected chi connectivity index (χ1v) is 34.2. The smallest absolute Gasteiger partial charge is 0.372 e. The number of sulfone groups is 1. The van der Waals surface area contributed by atoms with Gasteiger partial charge in [-0.3, -0.25) is 14.5 Å². The number of halogens is 1. The lowest BCUT2D eigenvalue weighted by Crippen LogP contribution is -2.55. The van der Waals surface area contributed by atoms with Crippen molar-refractivity contribution in [2.24, 2.45) is 80.8 Å². The van der Waals surface area contributed by atoms with Crippen LogP contribution in [-0.2, 0) is 37.4 Å². The van der Waals surface area contributed by atoms with Crippen molar-refractivity contribution in [1.29, 1.82) is 0 Å². The molecule has 2 heterocycles. The Morgan fingerprint density at radius 1 is 0.588 bits per heavy atom. The van der Waals surface area contributed by atoms with Gasteiger partial charge in [-0.25, -0.2) is 13.2 Å². The average Bonchev–Trinajstić information content (AvgIpc) is 1.82. The number of Topliss-reactive ketones (excluding diaryl/α,β-unsaturated/α-hetero) is 2. The first kappa shape index (κ1) is 65.2. The van der Waals surface area contributed by atoms with Crippen LogP contribution in [0.15, 0.2) is 70.5 Å². The molecule has 18 heteroatoms. The van der Waals surface area contributed by atoms with Crippen molar-refractivity contribution in [1.82, 2.24) is 30.0 Å². The van der Waals surface area contributed by atoms with Crippen molar-refractivity contribution < 1.29 is 43.2 Å². The number of thioether (sulfide) groups is 1. The molecular weight excluding hydrogens is 1130 g/mol. The summed E-state index contributed by atoms with van der Waals surface area (Å²) < 4.78 is 23.8. The number of ketones is 2. The topological polar surface area (TPSA) is 217 Å². The lowest BCUT2D eigenvalue weighted by Gasteiger charge is -2.61. The zero-order valence-electron chi connectivity index (χ0n) is 49.9. The number of nitrogens with zero attached hydrogens (tertiary/aromatic N) is 6. The number of fused-ring (bicyclic) bond motifs is 12.